The lowest BCUT2D eigenvalue weighted by molar-refractivity contribution is -0.131. The molecule has 2 heterocycles. The Labute approximate surface area is 201 Å². The van der Waals surface area contributed by atoms with Crippen molar-refractivity contribution in [3.8, 4) is 5.75 Å². The van der Waals surface area contributed by atoms with E-state index in [1.807, 2.05) is 36.9 Å². The highest BCUT2D eigenvalue weighted by molar-refractivity contribution is 5.92. The van der Waals surface area contributed by atoms with Crippen LogP contribution in [0.15, 0.2) is 42.9 Å². The van der Waals surface area contributed by atoms with Crippen molar-refractivity contribution in [2.75, 3.05) is 64.0 Å². The van der Waals surface area contributed by atoms with Gasteiger partial charge in [0.25, 0.3) is 5.91 Å². The summed E-state index contributed by atoms with van der Waals surface area (Å²) in [5, 5.41) is 0. The molecule has 9 heteroatoms. The third kappa shape index (κ3) is 7.15. The molecule has 1 fully saturated rings. The van der Waals surface area contributed by atoms with E-state index in [0.717, 1.165) is 24.5 Å². The van der Waals surface area contributed by atoms with Gasteiger partial charge >= 0.3 is 0 Å². The van der Waals surface area contributed by atoms with Gasteiger partial charge in [0.15, 0.2) is 0 Å². The largest absolute Gasteiger partial charge is 0.492 e. The highest BCUT2D eigenvalue weighted by Gasteiger charge is 2.24. The predicted octanol–water partition coefficient (Wildman–Crippen LogP) is 2.48. The summed E-state index contributed by atoms with van der Waals surface area (Å²) in [6.07, 6.45) is 5.47. The fourth-order valence-corrected chi connectivity index (χ4v) is 3.97. The van der Waals surface area contributed by atoms with Gasteiger partial charge in [-0.1, -0.05) is 12.1 Å². The number of carbonyl (C=O) groups excluding carboxylic acids is 2. The molecule has 2 aromatic rings. The van der Waals surface area contributed by atoms with Crippen molar-refractivity contribution >= 4 is 17.5 Å². The third-order valence-corrected chi connectivity index (χ3v) is 5.72. The van der Waals surface area contributed by atoms with Crippen LogP contribution in [-0.2, 0) is 9.53 Å². The third-order valence-electron chi connectivity index (χ3n) is 5.72. The summed E-state index contributed by atoms with van der Waals surface area (Å²) in [6, 6.07) is 8.01. The van der Waals surface area contributed by atoms with Crippen LogP contribution in [0.3, 0.4) is 0 Å². The Bertz CT molecular complexity index is 903. The fraction of sp³-hybridized carbons (Fsp3) is 0.520. The number of carbonyl (C=O) groups is 2. The molecule has 0 bridgehead atoms. The molecule has 0 radical (unpaired) electrons. The summed E-state index contributed by atoms with van der Waals surface area (Å²) < 4.78 is 11.2. The van der Waals surface area contributed by atoms with Gasteiger partial charge in [-0.15, -0.1) is 0 Å². The van der Waals surface area contributed by atoms with E-state index in [4.69, 9.17) is 9.47 Å². The first-order valence-corrected chi connectivity index (χ1v) is 12.0. The number of anilines is 1. The molecular weight excluding hydrogens is 434 g/mol. The van der Waals surface area contributed by atoms with E-state index in [0.29, 0.717) is 52.4 Å². The van der Waals surface area contributed by atoms with E-state index in [-0.39, 0.29) is 23.9 Å². The van der Waals surface area contributed by atoms with Gasteiger partial charge in [-0.2, -0.15) is 0 Å². The number of para-hydroxylation sites is 2. The molecule has 34 heavy (non-hydrogen) atoms. The number of hydrogen-bond acceptors (Lipinski definition) is 7. The van der Waals surface area contributed by atoms with E-state index in [2.05, 4.69) is 20.9 Å². The first kappa shape index (κ1) is 25.4. The molecule has 1 aromatic heterocycles. The van der Waals surface area contributed by atoms with Gasteiger partial charge in [0.1, 0.15) is 11.4 Å². The summed E-state index contributed by atoms with van der Waals surface area (Å²) >= 11 is 0. The van der Waals surface area contributed by atoms with Crippen LogP contribution < -0.4 is 9.64 Å². The lowest BCUT2D eigenvalue weighted by atomic mass is 10.2. The molecule has 1 aliphatic heterocycles. The van der Waals surface area contributed by atoms with E-state index in [1.165, 1.54) is 18.6 Å². The summed E-state index contributed by atoms with van der Waals surface area (Å²) in [6.45, 7) is 9.35. The molecule has 3 rings (SSSR count). The number of rotatable bonds is 12. The maximum atomic E-state index is 12.9. The Kier molecular flexibility index (Phi) is 10.1. The molecule has 0 N–H and O–H groups in total. The van der Waals surface area contributed by atoms with Gasteiger partial charge in [0.2, 0.25) is 5.91 Å². The Hall–Kier alpha value is -3.20. The maximum absolute atomic E-state index is 12.9. The summed E-state index contributed by atoms with van der Waals surface area (Å²) in [7, 11) is 0. The zero-order valence-corrected chi connectivity index (χ0v) is 20.2. The molecule has 1 aromatic carbocycles. The Morgan fingerprint density at radius 1 is 1.03 bits per heavy atom. The number of aromatic nitrogens is 2. The maximum Gasteiger partial charge on any atom is 0.274 e. The van der Waals surface area contributed by atoms with Crippen LogP contribution in [-0.4, -0.2) is 90.7 Å². The van der Waals surface area contributed by atoms with E-state index < -0.39 is 0 Å². The van der Waals surface area contributed by atoms with E-state index in [9.17, 15) is 9.59 Å². The number of nitrogens with zero attached hydrogens (tertiary/aromatic N) is 5. The minimum absolute atomic E-state index is 0.0551. The molecule has 0 aliphatic carbocycles. The molecule has 1 aliphatic rings. The van der Waals surface area contributed by atoms with E-state index >= 15 is 0 Å². The van der Waals surface area contributed by atoms with Crippen LogP contribution >= 0.6 is 0 Å². The van der Waals surface area contributed by atoms with Gasteiger partial charge in [0.05, 0.1) is 18.5 Å². The molecule has 184 valence electrons. The second-order valence-electron chi connectivity index (χ2n) is 7.95. The van der Waals surface area contributed by atoms with Crippen LogP contribution in [0, 0.1) is 0 Å². The first-order chi connectivity index (χ1) is 16.6. The molecule has 0 atom stereocenters. The molecule has 9 nitrogen and oxygen atoms in total. The smallest absolute Gasteiger partial charge is 0.274 e. The Morgan fingerprint density at radius 2 is 1.82 bits per heavy atom. The molecular formula is C25H35N5O4. The van der Waals surface area contributed by atoms with Crippen LogP contribution in [0.4, 0.5) is 5.69 Å². The van der Waals surface area contributed by atoms with Gasteiger partial charge in [-0.3, -0.25) is 14.6 Å². The Balaban J connectivity index is 1.53. The molecule has 1 saturated heterocycles. The topological polar surface area (TPSA) is 88.1 Å². The van der Waals surface area contributed by atoms with Crippen LogP contribution in [0.1, 0.15) is 37.2 Å². The number of amides is 2. The van der Waals surface area contributed by atoms with Crippen molar-refractivity contribution in [3.63, 3.8) is 0 Å². The normalized spacial score (nSPS) is 13.6. The van der Waals surface area contributed by atoms with Crippen molar-refractivity contribution in [2.45, 2.75) is 26.7 Å². The van der Waals surface area contributed by atoms with Gasteiger partial charge in [0, 0.05) is 71.3 Å². The summed E-state index contributed by atoms with van der Waals surface area (Å²) in [5.74, 6) is 0.712. The average Bonchev–Trinajstić information content (AvgIpc) is 2.89. The van der Waals surface area contributed by atoms with Crippen molar-refractivity contribution in [1.82, 2.24) is 19.8 Å². The monoisotopic (exact) mass is 469 g/mol. The number of hydrogen-bond donors (Lipinski definition) is 0. The zero-order valence-electron chi connectivity index (χ0n) is 20.2. The lowest BCUT2D eigenvalue weighted by Crippen LogP contribution is -2.49. The number of benzene rings is 1. The zero-order chi connectivity index (χ0) is 24.2. The van der Waals surface area contributed by atoms with Crippen molar-refractivity contribution in [1.29, 1.82) is 0 Å². The van der Waals surface area contributed by atoms with E-state index in [1.54, 1.807) is 4.90 Å². The van der Waals surface area contributed by atoms with Gasteiger partial charge in [-0.25, -0.2) is 4.98 Å². The first-order valence-electron chi connectivity index (χ1n) is 12.0. The molecule has 0 unspecified atom stereocenters. The van der Waals surface area contributed by atoms with Crippen LogP contribution in [0.5, 0.6) is 5.75 Å². The standard InChI is InChI=1S/C25H35N5O4/c1-3-33-19-7-13-30(25(32)21-20-26-11-12-27-21)14-10-24(31)29-17-15-28(16-18-29)22-8-5-6-9-23(22)34-4-2/h5-6,8-9,11-12,20H,3-4,7,10,13-19H2,1-2H3. The second-order valence-corrected chi connectivity index (χ2v) is 7.95. The van der Waals surface area contributed by atoms with Gasteiger partial charge < -0.3 is 24.2 Å². The molecule has 0 saturated carbocycles. The predicted molar refractivity (Wildman–Crippen MR) is 130 cm³/mol. The second kappa shape index (κ2) is 13.5. The van der Waals surface area contributed by atoms with Crippen molar-refractivity contribution in [3.05, 3.63) is 48.5 Å². The number of ether oxygens (including phenoxy) is 2. The fourth-order valence-electron chi connectivity index (χ4n) is 3.97. The van der Waals surface area contributed by atoms with Crippen LogP contribution in [0.2, 0.25) is 0 Å². The Morgan fingerprint density at radius 3 is 2.53 bits per heavy atom. The SMILES string of the molecule is CCOCCCN(CCC(=O)N1CCN(c2ccccc2OCC)CC1)C(=O)c1cnccn1. The highest BCUT2D eigenvalue weighted by Crippen LogP contribution is 2.28. The van der Waals surface area contributed by atoms with Crippen LogP contribution in [0.25, 0.3) is 0 Å². The highest BCUT2D eigenvalue weighted by atomic mass is 16.5. The number of piperazine rings is 1. The molecule has 0 spiro atoms. The summed E-state index contributed by atoms with van der Waals surface area (Å²) in [5.41, 5.74) is 1.35. The quantitative estimate of drug-likeness (QED) is 0.441. The molecule has 2 amide bonds. The van der Waals surface area contributed by atoms with Crippen molar-refractivity contribution in [2.24, 2.45) is 0 Å². The van der Waals surface area contributed by atoms with Crippen molar-refractivity contribution < 1.29 is 19.1 Å². The lowest BCUT2D eigenvalue weighted by Gasteiger charge is -2.37. The minimum Gasteiger partial charge on any atom is -0.492 e. The summed E-state index contributed by atoms with van der Waals surface area (Å²) in [4.78, 5) is 39.8. The average molecular weight is 470 g/mol. The minimum atomic E-state index is -0.213. The van der Waals surface area contributed by atoms with Gasteiger partial charge in [-0.05, 0) is 32.4 Å².